The third kappa shape index (κ3) is 4.92. The van der Waals surface area contributed by atoms with Crippen LogP contribution in [0.5, 0.6) is 5.75 Å². The van der Waals surface area contributed by atoms with Crippen LogP contribution in [-0.2, 0) is 9.53 Å². The topological polar surface area (TPSA) is 64.6 Å². The summed E-state index contributed by atoms with van der Waals surface area (Å²) in [6.07, 6.45) is 0. The maximum atomic E-state index is 13.7. The van der Waals surface area contributed by atoms with E-state index in [2.05, 4.69) is 32.6 Å². The molecule has 0 radical (unpaired) electrons. The highest BCUT2D eigenvalue weighted by atomic mass is 127. The number of carbonyl (C=O) groups is 2. The monoisotopic (exact) mass is 429 g/mol. The van der Waals surface area contributed by atoms with E-state index in [1.54, 1.807) is 12.1 Å². The van der Waals surface area contributed by atoms with Crippen molar-refractivity contribution in [1.29, 1.82) is 0 Å². The minimum Gasteiger partial charge on any atom is -0.484 e. The lowest BCUT2D eigenvalue weighted by Crippen LogP contribution is -2.21. The molecule has 0 atom stereocenters. The maximum Gasteiger partial charge on any atom is 0.337 e. The Kier molecular flexibility index (Phi) is 5.91. The summed E-state index contributed by atoms with van der Waals surface area (Å²) in [6.45, 7) is -0.275. The van der Waals surface area contributed by atoms with Crippen LogP contribution in [-0.4, -0.2) is 25.6 Å². The maximum absolute atomic E-state index is 13.7. The van der Waals surface area contributed by atoms with Gasteiger partial charge in [0, 0.05) is 3.57 Å². The number of hydrogen-bond acceptors (Lipinski definition) is 4. The number of nitrogens with one attached hydrogen (secondary N) is 1. The van der Waals surface area contributed by atoms with Crippen molar-refractivity contribution in [2.45, 2.75) is 0 Å². The molecule has 1 amide bonds. The van der Waals surface area contributed by atoms with Crippen molar-refractivity contribution in [3.8, 4) is 5.75 Å². The fourth-order valence-corrected chi connectivity index (χ4v) is 2.09. The summed E-state index contributed by atoms with van der Waals surface area (Å²) in [7, 11) is 1.22. The van der Waals surface area contributed by atoms with Gasteiger partial charge in [-0.25, -0.2) is 9.18 Å². The summed E-state index contributed by atoms with van der Waals surface area (Å²) in [5.74, 6) is -1.27. The number of methoxy groups -OCH3 is 1. The molecule has 120 valence electrons. The number of benzene rings is 2. The standard InChI is InChI=1S/C16H13FINO4/c1-22-16(21)10-2-7-13(17)14(8-10)19-15(20)9-23-12-5-3-11(18)4-6-12/h2-8H,9H2,1H3,(H,19,20). The molecule has 0 aliphatic heterocycles. The SMILES string of the molecule is COC(=O)c1ccc(F)c(NC(=O)COc2ccc(I)cc2)c1. The van der Waals surface area contributed by atoms with E-state index in [0.717, 1.165) is 9.64 Å². The average molecular weight is 429 g/mol. The molecule has 2 aromatic rings. The normalized spacial score (nSPS) is 10.0. The summed E-state index contributed by atoms with van der Waals surface area (Å²) in [4.78, 5) is 23.3. The van der Waals surface area contributed by atoms with Crippen molar-refractivity contribution >= 4 is 40.2 Å². The van der Waals surface area contributed by atoms with Gasteiger partial charge >= 0.3 is 5.97 Å². The Balaban J connectivity index is 1.99. The molecule has 0 bridgehead atoms. The Morgan fingerprint density at radius 2 is 1.87 bits per heavy atom. The van der Waals surface area contributed by atoms with E-state index in [4.69, 9.17) is 4.74 Å². The largest absolute Gasteiger partial charge is 0.484 e. The minimum absolute atomic E-state index is 0.107. The molecular formula is C16H13FINO4. The Hall–Kier alpha value is -2.16. The highest BCUT2D eigenvalue weighted by molar-refractivity contribution is 14.1. The molecule has 0 saturated carbocycles. The molecule has 0 aliphatic rings. The summed E-state index contributed by atoms with van der Waals surface area (Å²) in [6, 6.07) is 10.7. The Morgan fingerprint density at radius 1 is 1.17 bits per heavy atom. The second kappa shape index (κ2) is 7.91. The van der Waals surface area contributed by atoms with Crippen molar-refractivity contribution in [1.82, 2.24) is 0 Å². The highest BCUT2D eigenvalue weighted by Crippen LogP contribution is 2.17. The summed E-state index contributed by atoms with van der Waals surface area (Å²) < 4.78 is 24.6. The quantitative estimate of drug-likeness (QED) is 0.586. The van der Waals surface area contributed by atoms with Crippen LogP contribution in [0, 0.1) is 9.39 Å². The third-order valence-corrected chi connectivity index (χ3v) is 3.56. The van der Waals surface area contributed by atoms with Gasteiger partial charge in [0.2, 0.25) is 0 Å². The molecule has 2 aromatic carbocycles. The number of anilines is 1. The van der Waals surface area contributed by atoms with Gasteiger partial charge in [0.1, 0.15) is 11.6 Å². The lowest BCUT2D eigenvalue weighted by Gasteiger charge is -2.09. The Morgan fingerprint density at radius 3 is 2.52 bits per heavy atom. The molecule has 0 saturated heterocycles. The van der Waals surface area contributed by atoms with Gasteiger partial charge in [-0.3, -0.25) is 4.79 Å². The predicted octanol–water partition coefficient (Wildman–Crippen LogP) is 3.23. The number of esters is 1. The first-order chi connectivity index (χ1) is 11.0. The zero-order valence-electron chi connectivity index (χ0n) is 12.1. The van der Waals surface area contributed by atoms with Crippen molar-refractivity contribution in [2.75, 3.05) is 19.0 Å². The van der Waals surface area contributed by atoms with E-state index in [9.17, 15) is 14.0 Å². The van der Waals surface area contributed by atoms with Crippen LogP contribution < -0.4 is 10.1 Å². The van der Waals surface area contributed by atoms with Crippen LogP contribution >= 0.6 is 22.6 Å². The molecule has 7 heteroatoms. The zero-order chi connectivity index (χ0) is 16.8. The van der Waals surface area contributed by atoms with E-state index in [-0.39, 0.29) is 17.9 Å². The lowest BCUT2D eigenvalue weighted by molar-refractivity contribution is -0.118. The van der Waals surface area contributed by atoms with E-state index in [1.165, 1.54) is 19.2 Å². The lowest BCUT2D eigenvalue weighted by atomic mass is 10.2. The van der Waals surface area contributed by atoms with Gasteiger partial charge in [-0.2, -0.15) is 0 Å². The molecule has 1 N–H and O–H groups in total. The fourth-order valence-electron chi connectivity index (χ4n) is 1.73. The van der Waals surface area contributed by atoms with Crippen molar-refractivity contribution in [3.05, 3.63) is 57.4 Å². The van der Waals surface area contributed by atoms with Gasteiger partial charge in [0.15, 0.2) is 6.61 Å². The second-order valence-corrected chi connectivity index (χ2v) is 5.72. The molecule has 5 nitrogen and oxygen atoms in total. The number of hydrogen-bond donors (Lipinski definition) is 1. The number of amides is 1. The van der Waals surface area contributed by atoms with Crippen LogP contribution in [0.2, 0.25) is 0 Å². The summed E-state index contributed by atoms with van der Waals surface area (Å²) >= 11 is 2.15. The molecule has 0 unspecified atom stereocenters. The second-order valence-electron chi connectivity index (χ2n) is 4.48. The van der Waals surface area contributed by atoms with Crippen LogP contribution in [0.4, 0.5) is 10.1 Å². The number of halogens is 2. The van der Waals surface area contributed by atoms with Crippen LogP contribution in [0.1, 0.15) is 10.4 Å². The van der Waals surface area contributed by atoms with Crippen LogP contribution in [0.3, 0.4) is 0 Å². The summed E-state index contributed by atoms with van der Waals surface area (Å²) in [5, 5.41) is 2.36. The van der Waals surface area contributed by atoms with Crippen LogP contribution in [0.25, 0.3) is 0 Å². The third-order valence-electron chi connectivity index (χ3n) is 2.85. The molecular weight excluding hydrogens is 416 g/mol. The Bertz CT molecular complexity index is 719. The van der Waals surface area contributed by atoms with Crippen LogP contribution in [0.15, 0.2) is 42.5 Å². The molecule has 0 heterocycles. The van der Waals surface area contributed by atoms with E-state index < -0.39 is 17.7 Å². The first-order valence-electron chi connectivity index (χ1n) is 6.55. The molecule has 0 spiro atoms. The van der Waals surface area contributed by atoms with Crippen molar-refractivity contribution in [3.63, 3.8) is 0 Å². The zero-order valence-corrected chi connectivity index (χ0v) is 14.3. The first-order valence-corrected chi connectivity index (χ1v) is 7.63. The highest BCUT2D eigenvalue weighted by Gasteiger charge is 2.12. The predicted molar refractivity (Wildman–Crippen MR) is 91.0 cm³/mol. The van der Waals surface area contributed by atoms with E-state index >= 15 is 0 Å². The minimum atomic E-state index is -0.653. The van der Waals surface area contributed by atoms with Gasteiger partial charge in [-0.1, -0.05) is 0 Å². The van der Waals surface area contributed by atoms with E-state index in [1.807, 2.05) is 12.1 Å². The van der Waals surface area contributed by atoms with Gasteiger partial charge < -0.3 is 14.8 Å². The summed E-state index contributed by atoms with van der Waals surface area (Å²) in [5.41, 5.74) is 0.0341. The van der Waals surface area contributed by atoms with Crippen molar-refractivity contribution < 1.29 is 23.5 Å². The average Bonchev–Trinajstić information content (AvgIpc) is 2.55. The fraction of sp³-hybridized carbons (Fsp3) is 0.125. The number of ether oxygens (including phenoxy) is 2. The molecule has 23 heavy (non-hydrogen) atoms. The smallest absolute Gasteiger partial charge is 0.337 e. The van der Waals surface area contributed by atoms with Gasteiger partial charge in [0.25, 0.3) is 5.91 Å². The first kappa shape index (κ1) is 17.2. The molecule has 0 aliphatic carbocycles. The molecule has 0 fully saturated rings. The number of carbonyl (C=O) groups excluding carboxylic acids is 2. The number of rotatable bonds is 5. The van der Waals surface area contributed by atoms with Crippen molar-refractivity contribution in [2.24, 2.45) is 0 Å². The van der Waals surface area contributed by atoms with Gasteiger partial charge in [-0.05, 0) is 65.1 Å². The molecule has 0 aromatic heterocycles. The Labute approximate surface area is 145 Å². The molecule has 2 rings (SSSR count). The van der Waals surface area contributed by atoms with Gasteiger partial charge in [-0.15, -0.1) is 0 Å². The van der Waals surface area contributed by atoms with E-state index in [0.29, 0.717) is 5.75 Å². The van der Waals surface area contributed by atoms with Gasteiger partial charge in [0.05, 0.1) is 18.4 Å².